The Labute approximate surface area is 207 Å². The molecule has 1 aromatic heterocycles. The second kappa shape index (κ2) is 11.9. The van der Waals surface area contributed by atoms with E-state index in [0.29, 0.717) is 22.4 Å². The molecule has 0 bridgehead atoms. The van der Waals surface area contributed by atoms with Crippen molar-refractivity contribution in [3.8, 4) is 34.7 Å². The summed E-state index contributed by atoms with van der Waals surface area (Å²) in [5.41, 5.74) is 1.41. The molecule has 0 radical (unpaired) electrons. The first kappa shape index (κ1) is 26.3. The number of carbonyl (C=O) groups excluding carboxylic acids is 2. The van der Waals surface area contributed by atoms with Gasteiger partial charge in [0.1, 0.15) is 23.7 Å². The fraction of sp³-hybridized carbons (Fsp3) is 0.320. The molecule has 0 spiro atoms. The second-order valence-electron chi connectivity index (χ2n) is 7.96. The van der Waals surface area contributed by atoms with E-state index in [2.05, 4.69) is 31.0 Å². The molecule has 1 atom stereocenters. The molecule has 188 valence electrons. The van der Waals surface area contributed by atoms with Gasteiger partial charge < -0.3 is 18.7 Å². The van der Waals surface area contributed by atoms with Crippen molar-refractivity contribution < 1.29 is 32.7 Å². The quantitative estimate of drug-likeness (QED) is 0.416. The lowest BCUT2D eigenvalue weighted by molar-refractivity contribution is -0.149. The van der Waals surface area contributed by atoms with Crippen LogP contribution in [0.2, 0.25) is 0 Å². The van der Waals surface area contributed by atoms with Gasteiger partial charge in [-0.2, -0.15) is 10.2 Å². The largest absolute Gasteiger partial charge is 0.490 e. The zero-order chi connectivity index (χ0) is 26.2. The number of hydrogen-bond donors (Lipinski definition) is 1. The van der Waals surface area contributed by atoms with Crippen molar-refractivity contribution in [2.24, 2.45) is 0 Å². The summed E-state index contributed by atoms with van der Waals surface area (Å²) in [6.45, 7) is 3.80. The van der Waals surface area contributed by atoms with E-state index in [1.807, 2.05) is 13.8 Å². The monoisotopic (exact) mass is 496 g/mol. The van der Waals surface area contributed by atoms with Crippen molar-refractivity contribution >= 4 is 11.9 Å². The van der Waals surface area contributed by atoms with Gasteiger partial charge in [0.25, 0.3) is 5.89 Å². The summed E-state index contributed by atoms with van der Waals surface area (Å²) < 4.78 is 35.1. The number of aromatic nitrogens is 2. The predicted molar refractivity (Wildman–Crippen MR) is 125 cm³/mol. The molecular weight excluding hydrogens is 471 g/mol. The third-order valence-electron chi connectivity index (χ3n) is 5.05. The van der Waals surface area contributed by atoms with Crippen molar-refractivity contribution in [2.45, 2.75) is 39.0 Å². The van der Waals surface area contributed by atoms with E-state index >= 15 is 0 Å². The number of ether oxygens (including phenoxy) is 3. The van der Waals surface area contributed by atoms with Crippen molar-refractivity contribution in [2.75, 3.05) is 14.2 Å². The van der Waals surface area contributed by atoms with Crippen LogP contribution < -0.4 is 10.1 Å². The summed E-state index contributed by atoms with van der Waals surface area (Å²) in [5.74, 6) is -1.25. The highest BCUT2D eigenvalue weighted by molar-refractivity contribution is 5.82. The van der Waals surface area contributed by atoms with E-state index in [-0.39, 0.29) is 36.3 Å². The van der Waals surface area contributed by atoms with E-state index in [9.17, 15) is 19.2 Å². The molecule has 0 aliphatic carbocycles. The van der Waals surface area contributed by atoms with E-state index < -0.39 is 23.8 Å². The maximum absolute atomic E-state index is 14.9. The minimum absolute atomic E-state index is 0.0288. The van der Waals surface area contributed by atoms with Crippen molar-refractivity contribution in [1.29, 1.82) is 5.26 Å². The van der Waals surface area contributed by atoms with Crippen LogP contribution in [0, 0.1) is 17.1 Å². The zero-order valence-corrected chi connectivity index (χ0v) is 20.2. The number of nitrogens with one attached hydrogen (secondary N) is 1. The van der Waals surface area contributed by atoms with Crippen LogP contribution in [0.25, 0.3) is 22.8 Å². The number of rotatable bonds is 10. The van der Waals surface area contributed by atoms with Crippen LogP contribution in [0.5, 0.6) is 5.75 Å². The zero-order valence-electron chi connectivity index (χ0n) is 20.2. The molecule has 3 aromatic rings. The number of hydrogen-bond acceptors (Lipinski definition) is 10. The molecule has 0 saturated carbocycles. The second-order valence-corrected chi connectivity index (χ2v) is 7.96. The van der Waals surface area contributed by atoms with Crippen LogP contribution >= 0.6 is 0 Å². The lowest BCUT2D eigenvalue weighted by atomic mass is 10.1. The first-order chi connectivity index (χ1) is 17.2. The summed E-state index contributed by atoms with van der Waals surface area (Å²) in [7, 11) is 2.42. The molecule has 0 saturated heterocycles. The van der Waals surface area contributed by atoms with Gasteiger partial charge in [-0.25, -0.2) is 4.39 Å². The molecule has 0 aliphatic heterocycles. The fourth-order valence-corrected chi connectivity index (χ4v) is 3.28. The standard InChI is InChI=1S/C25H25FN4O6/c1-14(2)35-21-8-6-16(10-17(21)12-27)24-29-23(30-36-24)18-7-5-15(9-19(18)26)13-28-20(25(32)34-4)11-22(31)33-3/h5-10,14,20,28H,11,13H2,1-4H3/t20-/m0/s1. The Morgan fingerprint density at radius 2 is 1.94 bits per heavy atom. The van der Waals surface area contributed by atoms with Gasteiger partial charge in [-0.15, -0.1) is 0 Å². The highest BCUT2D eigenvalue weighted by Gasteiger charge is 2.23. The van der Waals surface area contributed by atoms with E-state index in [1.54, 1.807) is 24.3 Å². The highest BCUT2D eigenvalue weighted by Crippen LogP contribution is 2.28. The summed E-state index contributed by atoms with van der Waals surface area (Å²) in [6, 6.07) is 10.4. The molecule has 0 unspecified atom stereocenters. The van der Waals surface area contributed by atoms with Crippen molar-refractivity contribution in [1.82, 2.24) is 15.5 Å². The first-order valence-corrected chi connectivity index (χ1v) is 11.0. The van der Waals surface area contributed by atoms with Gasteiger partial charge in [0.15, 0.2) is 0 Å². The molecule has 11 heteroatoms. The molecule has 3 rings (SSSR count). The Bertz CT molecular complexity index is 1280. The first-order valence-electron chi connectivity index (χ1n) is 11.0. The predicted octanol–water partition coefficient (Wildman–Crippen LogP) is 3.40. The van der Waals surface area contributed by atoms with Crippen LogP contribution in [-0.4, -0.2) is 48.4 Å². The molecule has 1 heterocycles. The van der Waals surface area contributed by atoms with E-state index in [4.69, 9.17) is 9.26 Å². The summed E-state index contributed by atoms with van der Waals surface area (Å²) in [6.07, 6.45) is -0.327. The molecular formula is C25H25FN4O6. The number of esters is 2. The van der Waals surface area contributed by atoms with E-state index in [0.717, 1.165) is 0 Å². The summed E-state index contributed by atoms with van der Waals surface area (Å²) >= 11 is 0. The maximum atomic E-state index is 14.9. The number of nitriles is 1. The average Bonchev–Trinajstić information content (AvgIpc) is 3.35. The summed E-state index contributed by atoms with van der Waals surface area (Å²) in [4.78, 5) is 27.7. The van der Waals surface area contributed by atoms with Gasteiger partial charge in [-0.1, -0.05) is 11.2 Å². The van der Waals surface area contributed by atoms with Crippen LogP contribution in [0.3, 0.4) is 0 Å². The molecule has 0 aliphatic rings. The smallest absolute Gasteiger partial charge is 0.323 e. The van der Waals surface area contributed by atoms with Gasteiger partial charge in [-0.3, -0.25) is 14.9 Å². The van der Waals surface area contributed by atoms with Crippen molar-refractivity contribution in [3.63, 3.8) is 0 Å². The lowest BCUT2D eigenvalue weighted by Crippen LogP contribution is -2.39. The molecule has 36 heavy (non-hydrogen) atoms. The average molecular weight is 496 g/mol. The van der Waals surface area contributed by atoms with Crippen LogP contribution in [0.1, 0.15) is 31.4 Å². The number of nitrogens with zero attached hydrogens (tertiary/aromatic N) is 3. The third-order valence-corrected chi connectivity index (χ3v) is 5.05. The maximum Gasteiger partial charge on any atom is 0.323 e. The lowest BCUT2D eigenvalue weighted by Gasteiger charge is -2.15. The van der Waals surface area contributed by atoms with Gasteiger partial charge in [0.2, 0.25) is 5.82 Å². The SMILES string of the molecule is COC(=O)C[C@H](NCc1ccc(-c2noc(-c3ccc(OC(C)C)c(C#N)c3)n2)c(F)c1)C(=O)OC. The Morgan fingerprint density at radius 3 is 2.58 bits per heavy atom. The Balaban J connectivity index is 1.76. The number of halogens is 1. The van der Waals surface area contributed by atoms with Crippen molar-refractivity contribution in [3.05, 3.63) is 53.3 Å². The van der Waals surface area contributed by atoms with Crippen LogP contribution in [0.4, 0.5) is 4.39 Å². The van der Waals surface area contributed by atoms with E-state index in [1.165, 1.54) is 26.4 Å². The fourth-order valence-electron chi connectivity index (χ4n) is 3.28. The Hall–Kier alpha value is -4.30. The van der Waals surface area contributed by atoms with Gasteiger partial charge in [0.05, 0.1) is 37.9 Å². The third kappa shape index (κ3) is 6.43. The molecule has 1 N–H and O–H groups in total. The van der Waals surface area contributed by atoms with Crippen LogP contribution in [-0.2, 0) is 25.6 Å². The van der Waals surface area contributed by atoms with Gasteiger partial charge >= 0.3 is 11.9 Å². The molecule has 0 amide bonds. The number of carbonyl (C=O) groups is 2. The molecule has 10 nitrogen and oxygen atoms in total. The normalized spacial score (nSPS) is 11.6. The highest BCUT2D eigenvalue weighted by atomic mass is 19.1. The van der Waals surface area contributed by atoms with Gasteiger partial charge in [-0.05, 0) is 49.7 Å². The Kier molecular flexibility index (Phi) is 8.70. The topological polar surface area (TPSA) is 137 Å². The molecule has 0 fully saturated rings. The number of methoxy groups -OCH3 is 2. The van der Waals surface area contributed by atoms with Crippen LogP contribution in [0.15, 0.2) is 40.9 Å². The summed E-state index contributed by atoms with van der Waals surface area (Å²) in [5, 5.41) is 16.2. The molecule has 2 aromatic carbocycles. The minimum atomic E-state index is -0.944. The van der Waals surface area contributed by atoms with Gasteiger partial charge in [0, 0.05) is 12.1 Å². The Morgan fingerprint density at radius 1 is 1.17 bits per heavy atom. The number of benzene rings is 2. The minimum Gasteiger partial charge on any atom is -0.490 e.